The molecule has 0 aliphatic heterocycles. The van der Waals surface area contributed by atoms with E-state index in [9.17, 15) is 57.8 Å². The molecule has 322 valence electrons. The molecule has 0 fully saturated rings. The lowest BCUT2D eigenvalue weighted by molar-refractivity contribution is -0.164. The normalized spacial score (nSPS) is 14.9. The van der Waals surface area contributed by atoms with Gasteiger partial charge in [0.2, 0.25) is 17.0 Å². The van der Waals surface area contributed by atoms with Crippen molar-refractivity contribution in [1.82, 2.24) is 0 Å². The number of benzene rings is 4. The SMILES string of the molecule is N#CC(C#N)=C1/C(=N/c2cc3c(s2)-c2sc(/N=C4\C(=O)c5cc(F)c(F)cc5C4=C(C#N)C#N)cc2C3(C(=O)OCc2ccccc2)C(=O)OCc2ccccc2)C(=O)c2cc(F)c(F)cc21. The number of ether oxygens (including phenoxy) is 2. The minimum Gasteiger partial charge on any atom is -0.459 e. The Morgan fingerprint density at radius 1 is 0.537 bits per heavy atom. The number of nitriles is 4. The van der Waals surface area contributed by atoms with Crippen LogP contribution in [0.15, 0.2) is 118 Å². The van der Waals surface area contributed by atoms with Crippen molar-refractivity contribution in [2.75, 3.05) is 0 Å². The van der Waals surface area contributed by atoms with Crippen LogP contribution in [0, 0.1) is 68.6 Å². The second kappa shape index (κ2) is 16.9. The van der Waals surface area contributed by atoms with Crippen LogP contribution in [0.4, 0.5) is 27.6 Å². The van der Waals surface area contributed by atoms with E-state index in [0.717, 1.165) is 22.7 Å². The number of carbonyl (C=O) groups excluding carboxylic acids is 4. The van der Waals surface area contributed by atoms with E-state index in [1.807, 2.05) is 0 Å². The lowest BCUT2D eigenvalue weighted by Gasteiger charge is -2.26. The summed E-state index contributed by atoms with van der Waals surface area (Å²) >= 11 is 1.64. The molecule has 2 heterocycles. The number of allylic oxidation sites excluding steroid dienone is 4. The average Bonchev–Trinajstić information content (AvgIpc) is 4.11. The Balaban J connectivity index is 1.27. The third kappa shape index (κ3) is 7.01. The van der Waals surface area contributed by atoms with E-state index in [1.165, 1.54) is 12.1 Å². The molecule has 4 aromatic carbocycles. The molecule has 0 unspecified atom stereocenters. The van der Waals surface area contributed by atoms with E-state index in [0.29, 0.717) is 35.4 Å². The quantitative estimate of drug-likeness (QED) is 0.0611. The molecule has 3 aliphatic rings. The summed E-state index contributed by atoms with van der Waals surface area (Å²) in [4.78, 5) is 67.0. The van der Waals surface area contributed by atoms with Gasteiger partial charge >= 0.3 is 11.9 Å². The Labute approximate surface area is 383 Å². The molecule has 67 heavy (non-hydrogen) atoms. The molecule has 0 radical (unpaired) electrons. The summed E-state index contributed by atoms with van der Waals surface area (Å²) in [6, 6.07) is 28.7. The fourth-order valence-corrected chi connectivity index (χ4v) is 10.3. The van der Waals surface area contributed by atoms with Crippen LogP contribution in [-0.4, -0.2) is 34.9 Å². The lowest BCUT2D eigenvalue weighted by Crippen LogP contribution is -2.45. The number of esters is 2. The van der Waals surface area contributed by atoms with Gasteiger partial charge in [0.1, 0.15) is 70.1 Å². The number of thiophene rings is 2. The number of hydrogen-bond acceptors (Lipinski definition) is 14. The monoisotopic (exact) mass is 928 g/mol. The van der Waals surface area contributed by atoms with Crippen LogP contribution in [0.3, 0.4) is 0 Å². The molecule has 0 saturated carbocycles. The molecule has 0 bridgehead atoms. The van der Waals surface area contributed by atoms with E-state index in [-0.39, 0.29) is 77.5 Å². The van der Waals surface area contributed by atoms with Crippen LogP contribution in [-0.2, 0) is 37.7 Å². The standard InChI is InChI=1S/C49H20F4N6O6S2/c50-33-11-27-29(13-35(33)52)43(60)41(39(27)25(17-54)18-55)58-37-15-31-45(66-37)46-32(16-38(67-46)59-42-40(26(19-56)20-57)28-12-34(51)36(53)14-30(28)44(42)61)49(31,47(62)64-21-23-7-3-1-4-8-23)48(63)65-22-24-9-5-2-6-10-24/h1-16H,21-22H2/b58-41-,59-42-. The lowest BCUT2D eigenvalue weighted by atomic mass is 9.79. The van der Waals surface area contributed by atoms with Gasteiger partial charge in [0, 0.05) is 44.5 Å². The number of hydrogen-bond donors (Lipinski definition) is 0. The molecule has 18 heteroatoms. The Morgan fingerprint density at radius 2 is 0.881 bits per heavy atom. The Bertz CT molecular complexity index is 3280. The fraction of sp³-hybridized carbons (Fsp3) is 0.0612. The van der Waals surface area contributed by atoms with Gasteiger partial charge in [0.05, 0.1) is 9.75 Å². The van der Waals surface area contributed by atoms with E-state index >= 15 is 0 Å². The number of carbonyl (C=O) groups is 4. The van der Waals surface area contributed by atoms with Crippen molar-refractivity contribution >= 4 is 78.8 Å². The molecule has 0 N–H and O–H groups in total. The number of rotatable bonds is 8. The average molecular weight is 929 g/mol. The Kier molecular flexibility index (Phi) is 10.9. The first-order valence-electron chi connectivity index (χ1n) is 19.4. The number of aliphatic imine (C=N–C) groups is 2. The van der Waals surface area contributed by atoms with Gasteiger partial charge in [0.15, 0.2) is 23.3 Å². The molecular formula is C49H20F4N6O6S2. The van der Waals surface area contributed by atoms with Gasteiger partial charge in [-0.1, -0.05) is 60.7 Å². The molecule has 12 nitrogen and oxygen atoms in total. The molecule has 9 rings (SSSR count). The maximum Gasteiger partial charge on any atom is 0.333 e. The summed E-state index contributed by atoms with van der Waals surface area (Å²) < 4.78 is 69.9. The molecular weight excluding hydrogens is 909 g/mol. The highest BCUT2D eigenvalue weighted by Crippen LogP contribution is 2.60. The molecule has 3 aliphatic carbocycles. The smallest absolute Gasteiger partial charge is 0.333 e. The van der Waals surface area contributed by atoms with Crippen molar-refractivity contribution in [3.05, 3.63) is 176 Å². The van der Waals surface area contributed by atoms with Gasteiger partial charge in [-0.3, -0.25) is 19.2 Å². The van der Waals surface area contributed by atoms with Crippen LogP contribution >= 0.6 is 22.7 Å². The van der Waals surface area contributed by atoms with Gasteiger partial charge in [-0.15, -0.1) is 22.7 Å². The Hall–Kier alpha value is -8.94. The zero-order chi connectivity index (χ0) is 47.3. The second-order valence-corrected chi connectivity index (χ2v) is 16.7. The van der Waals surface area contributed by atoms with E-state index < -0.39 is 74.8 Å². The molecule has 2 aromatic heterocycles. The number of fused-ring (bicyclic) bond motifs is 5. The third-order valence-corrected chi connectivity index (χ3v) is 13.2. The molecule has 0 saturated heterocycles. The first kappa shape index (κ1) is 43.3. The van der Waals surface area contributed by atoms with Gasteiger partial charge in [0.25, 0.3) is 0 Å². The van der Waals surface area contributed by atoms with Crippen LogP contribution < -0.4 is 0 Å². The zero-order valence-corrected chi connectivity index (χ0v) is 35.2. The van der Waals surface area contributed by atoms with E-state index in [1.54, 1.807) is 84.9 Å². The summed E-state index contributed by atoms with van der Waals surface area (Å²) in [6.07, 6.45) is 0. The van der Waals surface area contributed by atoms with Gasteiger partial charge < -0.3 is 9.47 Å². The van der Waals surface area contributed by atoms with Gasteiger partial charge in [-0.05, 0) is 47.5 Å². The fourth-order valence-electron chi connectivity index (χ4n) is 7.93. The first-order chi connectivity index (χ1) is 32.3. The van der Waals surface area contributed by atoms with Crippen LogP contribution in [0.5, 0.6) is 0 Å². The second-order valence-electron chi connectivity index (χ2n) is 14.7. The van der Waals surface area contributed by atoms with Crippen molar-refractivity contribution in [3.8, 4) is 34.0 Å². The summed E-state index contributed by atoms with van der Waals surface area (Å²) in [6.45, 7) is -0.677. The zero-order valence-electron chi connectivity index (χ0n) is 33.6. The number of halogens is 4. The molecule has 6 aromatic rings. The highest BCUT2D eigenvalue weighted by molar-refractivity contribution is 7.26. The van der Waals surface area contributed by atoms with E-state index in [2.05, 4.69) is 9.98 Å². The van der Waals surface area contributed by atoms with Crippen molar-refractivity contribution in [1.29, 1.82) is 21.0 Å². The van der Waals surface area contributed by atoms with Crippen molar-refractivity contribution in [2.24, 2.45) is 9.98 Å². The Morgan fingerprint density at radius 3 is 1.22 bits per heavy atom. The molecule has 0 spiro atoms. The molecule has 0 amide bonds. The minimum atomic E-state index is -2.51. The maximum atomic E-state index is 15.0. The minimum absolute atomic E-state index is 0.0491. The van der Waals surface area contributed by atoms with Crippen molar-refractivity contribution < 1.29 is 46.2 Å². The predicted molar refractivity (Wildman–Crippen MR) is 233 cm³/mol. The third-order valence-electron chi connectivity index (χ3n) is 10.9. The highest BCUT2D eigenvalue weighted by Gasteiger charge is 2.60. The van der Waals surface area contributed by atoms with Gasteiger partial charge in [-0.2, -0.15) is 21.0 Å². The number of nitrogens with zero attached hydrogens (tertiary/aromatic N) is 6. The predicted octanol–water partition coefficient (Wildman–Crippen LogP) is 9.66. The summed E-state index contributed by atoms with van der Waals surface area (Å²) in [5.74, 6) is -9.72. The van der Waals surface area contributed by atoms with Crippen LogP contribution in [0.2, 0.25) is 0 Å². The van der Waals surface area contributed by atoms with Gasteiger partial charge in [-0.25, -0.2) is 27.5 Å². The van der Waals surface area contributed by atoms with Crippen LogP contribution in [0.25, 0.3) is 20.9 Å². The largest absolute Gasteiger partial charge is 0.459 e. The number of Topliss-reactive ketones (excluding diaryl/α,β-unsaturated/α-hetero) is 2. The number of ketones is 2. The first-order valence-corrected chi connectivity index (χ1v) is 21.0. The summed E-state index contributed by atoms with van der Waals surface area (Å²) in [7, 11) is 0. The van der Waals surface area contributed by atoms with Crippen LogP contribution in [0.1, 0.15) is 54.1 Å². The van der Waals surface area contributed by atoms with Crippen molar-refractivity contribution in [3.63, 3.8) is 0 Å². The summed E-state index contributed by atoms with van der Waals surface area (Å²) in [5.41, 5.74) is -5.99. The topological polar surface area (TPSA) is 207 Å². The van der Waals surface area contributed by atoms with E-state index in [4.69, 9.17) is 9.47 Å². The van der Waals surface area contributed by atoms with Crippen molar-refractivity contribution in [2.45, 2.75) is 18.6 Å². The molecule has 0 atom stereocenters. The summed E-state index contributed by atoms with van der Waals surface area (Å²) in [5, 5.41) is 39.3. The highest BCUT2D eigenvalue weighted by atomic mass is 32.1. The maximum absolute atomic E-state index is 15.0.